The van der Waals surface area contributed by atoms with Gasteiger partial charge in [-0.3, -0.25) is 0 Å². The first kappa shape index (κ1) is 8.82. The molecule has 0 aliphatic rings. The molecule has 0 aliphatic heterocycles. The minimum absolute atomic E-state index is 0. The van der Waals surface area contributed by atoms with Gasteiger partial charge in [-0.2, -0.15) is 0 Å². The third-order valence-corrected chi connectivity index (χ3v) is 0. The van der Waals surface area contributed by atoms with E-state index in [1.807, 2.05) is 14.1 Å². The molecule has 0 atom stereocenters. The minimum atomic E-state index is 0. The summed E-state index contributed by atoms with van der Waals surface area (Å²) in [6, 6.07) is 0. The summed E-state index contributed by atoms with van der Waals surface area (Å²) in [5, 5.41) is 2.75. The van der Waals surface area contributed by atoms with Gasteiger partial charge in [-0.1, -0.05) is 0 Å². The Balaban J connectivity index is 0. The van der Waals surface area contributed by atoms with Gasteiger partial charge in [0.1, 0.15) is 0 Å². The molecule has 0 radical (unpaired) electrons. The molecule has 4 heavy (non-hydrogen) atoms. The van der Waals surface area contributed by atoms with E-state index in [4.69, 9.17) is 0 Å². The molecule has 0 spiro atoms. The van der Waals surface area contributed by atoms with E-state index < -0.39 is 0 Å². The van der Waals surface area contributed by atoms with Crippen molar-refractivity contribution in [1.82, 2.24) is 5.32 Å². The summed E-state index contributed by atoms with van der Waals surface area (Å²) < 4.78 is 0. The maximum atomic E-state index is 2.75. The average Bonchev–Trinajstić information content (AvgIpc) is 0.918. The first-order valence-electron chi connectivity index (χ1n) is 1.00. The standard InChI is InChI=1S/C2H7N.Ga.3H/c1-3-2;;;;/h3H,1-2H3;;;;. The van der Waals surface area contributed by atoms with Crippen molar-refractivity contribution in [3.63, 3.8) is 0 Å². The number of hydrogen-bond acceptors (Lipinski definition) is 1. The van der Waals surface area contributed by atoms with Gasteiger partial charge in [0.15, 0.2) is 0 Å². The van der Waals surface area contributed by atoms with Crippen LogP contribution in [0.2, 0.25) is 0 Å². The Morgan fingerprint density at radius 2 is 1.25 bits per heavy atom. The summed E-state index contributed by atoms with van der Waals surface area (Å²) >= 11 is 0. The summed E-state index contributed by atoms with van der Waals surface area (Å²) in [4.78, 5) is 0. The van der Waals surface area contributed by atoms with Crippen LogP contribution < -0.4 is 5.32 Å². The molecule has 0 unspecified atom stereocenters. The Hall–Kier alpha value is 0.596. The van der Waals surface area contributed by atoms with Crippen molar-refractivity contribution in [1.29, 1.82) is 0 Å². The van der Waals surface area contributed by atoms with E-state index in [1.165, 1.54) is 0 Å². The summed E-state index contributed by atoms with van der Waals surface area (Å²) in [6.45, 7) is 0. The Labute approximate surface area is 39.8 Å². The Bertz CT molecular complexity index is 6.00. The third kappa shape index (κ3) is 18.6. The van der Waals surface area contributed by atoms with Crippen LogP contribution in [0.15, 0.2) is 0 Å². The van der Waals surface area contributed by atoms with E-state index in [9.17, 15) is 0 Å². The first-order chi connectivity index (χ1) is 1.41. The van der Waals surface area contributed by atoms with E-state index in [1.54, 1.807) is 0 Å². The van der Waals surface area contributed by atoms with Crippen molar-refractivity contribution in [2.45, 2.75) is 0 Å². The summed E-state index contributed by atoms with van der Waals surface area (Å²) in [5.74, 6) is 0. The van der Waals surface area contributed by atoms with Gasteiger partial charge in [0.25, 0.3) is 0 Å². The molecule has 0 saturated carbocycles. The van der Waals surface area contributed by atoms with Crippen molar-refractivity contribution in [2.24, 2.45) is 0 Å². The van der Waals surface area contributed by atoms with Crippen molar-refractivity contribution in [2.75, 3.05) is 14.1 Å². The molecule has 0 heterocycles. The molecular formula is C2H10GaN. The summed E-state index contributed by atoms with van der Waals surface area (Å²) in [7, 11) is 3.75. The molecule has 1 N–H and O–H groups in total. The molecule has 26 valence electrons. The predicted octanol–water partition coefficient (Wildman–Crippen LogP) is -1.35. The molecule has 0 aromatic rings. The normalized spacial score (nSPS) is 4.50. The van der Waals surface area contributed by atoms with Crippen LogP contribution in [0.5, 0.6) is 0 Å². The molecule has 0 bridgehead atoms. The SMILES string of the molecule is CNC.[GaH3]. The molecule has 2 heteroatoms. The van der Waals surface area contributed by atoms with Crippen LogP contribution in [0.1, 0.15) is 0 Å². The molecule has 0 fully saturated rings. The van der Waals surface area contributed by atoms with Gasteiger partial charge in [0.05, 0.1) is 0 Å². The van der Waals surface area contributed by atoms with Gasteiger partial charge in [0, 0.05) is 0 Å². The second-order valence-corrected chi connectivity index (χ2v) is 0.500. The second kappa shape index (κ2) is 9.51. The molecule has 0 aromatic carbocycles. The quantitative estimate of drug-likeness (QED) is 0.388. The predicted molar refractivity (Wildman–Crippen MR) is 24.9 cm³/mol. The van der Waals surface area contributed by atoms with E-state index in [0.29, 0.717) is 0 Å². The van der Waals surface area contributed by atoms with Gasteiger partial charge in [-0.05, 0) is 14.1 Å². The monoisotopic (exact) mass is 117 g/mol. The van der Waals surface area contributed by atoms with Gasteiger partial charge < -0.3 is 5.32 Å². The second-order valence-electron chi connectivity index (χ2n) is 0.500. The molecular weight excluding hydrogens is 108 g/mol. The van der Waals surface area contributed by atoms with E-state index in [2.05, 4.69) is 5.32 Å². The van der Waals surface area contributed by atoms with Crippen molar-refractivity contribution in [3.8, 4) is 0 Å². The number of nitrogens with one attached hydrogen (secondary N) is 1. The van der Waals surface area contributed by atoms with Crippen LogP contribution >= 0.6 is 0 Å². The van der Waals surface area contributed by atoms with E-state index in [-0.39, 0.29) is 19.8 Å². The van der Waals surface area contributed by atoms with Gasteiger partial charge in [-0.15, -0.1) is 0 Å². The van der Waals surface area contributed by atoms with E-state index in [0.717, 1.165) is 0 Å². The molecule has 0 aliphatic carbocycles. The fourth-order valence-corrected chi connectivity index (χ4v) is 0. The maximum absolute atomic E-state index is 2.75. The Morgan fingerprint density at radius 3 is 1.25 bits per heavy atom. The van der Waals surface area contributed by atoms with Crippen molar-refractivity contribution < 1.29 is 0 Å². The van der Waals surface area contributed by atoms with Gasteiger partial charge >= 0.3 is 19.8 Å². The van der Waals surface area contributed by atoms with Crippen LogP contribution in [-0.2, 0) is 0 Å². The molecule has 0 rings (SSSR count). The van der Waals surface area contributed by atoms with Gasteiger partial charge in [-0.25, -0.2) is 0 Å². The zero-order valence-corrected chi connectivity index (χ0v) is 2.50. The molecule has 0 saturated heterocycles. The van der Waals surface area contributed by atoms with Gasteiger partial charge in [0.2, 0.25) is 0 Å². The van der Waals surface area contributed by atoms with Crippen molar-refractivity contribution in [3.05, 3.63) is 0 Å². The van der Waals surface area contributed by atoms with Crippen LogP contribution in [-0.4, -0.2) is 33.9 Å². The zero-order valence-electron chi connectivity index (χ0n) is 2.50. The van der Waals surface area contributed by atoms with Crippen LogP contribution in [0.25, 0.3) is 0 Å². The number of rotatable bonds is 0. The molecule has 0 amide bonds. The first-order valence-corrected chi connectivity index (χ1v) is 1.00. The van der Waals surface area contributed by atoms with Crippen LogP contribution in [0, 0.1) is 0 Å². The zero-order chi connectivity index (χ0) is 2.71. The van der Waals surface area contributed by atoms with Crippen molar-refractivity contribution >= 4 is 19.8 Å². The number of hydrogen-bond donors (Lipinski definition) is 1. The molecule has 1 nitrogen and oxygen atoms in total. The van der Waals surface area contributed by atoms with Crippen LogP contribution in [0.4, 0.5) is 0 Å². The Morgan fingerprint density at radius 1 is 1.25 bits per heavy atom. The van der Waals surface area contributed by atoms with E-state index >= 15 is 0 Å². The fourth-order valence-electron chi connectivity index (χ4n) is 0. The van der Waals surface area contributed by atoms with Crippen LogP contribution in [0.3, 0.4) is 0 Å². The molecule has 0 aromatic heterocycles. The topological polar surface area (TPSA) is 12.0 Å². The average molecular weight is 118 g/mol. The Kier molecular flexibility index (Phi) is 21.0. The third-order valence-electron chi connectivity index (χ3n) is 0. The fraction of sp³-hybridized carbons (Fsp3) is 1.00. The summed E-state index contributed by atoms with van der Waals surface area (Å²) in [5.41, 5.74) is 0. The summed E-state index contributed by atoms with van der Waals surface area (Å²) in [6.07, 6.45) is 0.